The van der Waals surface area contributed by atoms with Gasteiger partial charge in [-0.3, -0.25) is 9.59 Å². The Kier molecular flexibility index (Phi) is 4.60. The fraction of sp³-hybridized carbons (Fsp3) is 0.238. The number of benzene rings is 2. The molecule has 0 saturated carbocycles. The summed E-state index contributed by atoms with van der Waals surface area (Å²) in [7, 11) is 0. The molecule has 0 saturated heterocycles. The minimum atomic E-state index is -0.728. The van der Waals surface area contributed by atoms with Crippen LogP contribution in [0.5, 0.6) is 5.75 Å². The molecule has 0 bridgehead atoms. The third kappa shape index (κ3) is 2.84. The van der Waals surface area contributed by atoms with Crippen molar-refractivity contribution in [2.24, 2.45) is 0 Å². The van der Waals surface area contributed by atoms with Crippen LogP contribution in [0, 0.1) is 5.82 Å². The smallest absolute Gasteiger partial charge is 0.290 e. The second-order valence-electron chi connectivity index (χ2n) is 6.44. The summed E-state index contributed by atoms with van der Waals surface area (Å²) in [6.45, 7) is 2.15. The van der Waals surface area contributed by atoms with Crippen LogP contribution >= 0.6 is 0 Å². The van der Waals surface area contributed by atoms with Crippen LogP contribution in [0.3, 0.4) is 0 Å². The van der Waals surface area contributed by atoms with E-state index >= 15 is 0 Å². The van der Waals surface area contributed by atoms with E-state index in [1.165, 1.54) is 17.0 Å². The molecule has 3 aromatic rings. The van der Waals surface area contributed by atoms with Crippen molar-refractivity contribution in [2.75, 3.05) is 19.8 Å². The Morgan fingerprint density at radius 2 is 1.93 bits per heavy atom. The molecular formula is C21H18FNO5. The molecule has 7 heteroatoms. The molecule has 0 radical (unpaired) electrons. The van der Waals surface area contributed by atoms with Gasteiger partial charge in [0.1, 0.15) is 17.1 Å². The minimum absolute atomic E-state index is 0.0328. The lowest BCUT2D eigenvalue weighted by atomic mass is 9.98. The summed E-state index contributed by atoms with van der Waals surface area (Å²) < 4.78 is 24.8. The molecule has 2 aromatic carbocycles. The maximum Gasteiger partial charge on any atom is 0.290 e. The highest BCUT2D eigenvalue weighted by atomic mass is 19.1. The standard InChI is InChI=1S/C21H18FNO5/c1-2-27-14-6-3-12(4-7-14)18-17-19(25)15-11-13(22)5-8-16(15)28-20(17)21(26)23(18)9-10-24/h3-8,11,18,24H,2,9-10H2,1H3/t18-/m0/s1. The lowest BCUT2D eigenvalue weighted by Crippen LogP contribution is -2.32. The van der Waals surface area contributed by atoms with Crippen molar-refractivity contribution < 1.29 is 23.4 Å². The highest BCUT2D eigenvalue weighted by Crippen LogP contribution is 2.38. The van der Waals surface area contributed by atoms with Gasteiger partial charge in [-0.2, -0.15) is 0 Å². The number of fused-ring (bicyclic) bond motifs is 2. The molecule has 0 unspecified atom stereocenters. The SMILES string of the molecule is CCOc1ccc([C@H]2c3c(oc4ccc(F)cc4c3=O)C(=O)N2CCO)cc1. The van der Waals surface area contributed by atoms with Crippen LogP contribution in [-0.4, -0.2) is 35.7 Å². The van der Waals surface area contributed by atoms with Crippen LogP contribution in [0.2, 0.25) is 0 Å². The van der Waals surface area contributed by atoms with Crippen molar-refractivity contribution in [1.82, 2.24) is 4.90 Å². The first-order chi connectivity index (χ1) is 13.5. The molecule has 1 aliphatic rings. The van der Waals surface area contributed by atoms with Crippen molar-refractivity contribution in [3.05, 3.63) is 75.4 Å². The van der Waals surface area contributed by atoms with E-state index < -0.39 is 23.2 Å². The maximum absolute atomic E-state index is 13.7. The van der Waals surface area contributed by atoms with Gasteiger partial charge in [0.25, 0.3) is 5.91 Å². The van der Waals surface area contributed by atoms with Crippen molar-refractivity contribution in [1.29, 1.82) is 0 Å². The molecular weight excluding hydrogens is 365 g/mol. The monoisotopic (exact) mass is 383 g/mol. The van der Waals surface area contributed by atoms with Crippen molar-refractivity contribution in [2.45, 2.75) is 13.0 Å². The van der Waals surface area contributed by atoms with Gasteiger partial charge in [0.05, 0.1) is 30.2 Å². The summed E-state index contributed by atoms with van der Waals surface area (Å²) in [4.78, 5) is 27.4. The largest absolute Gasteiger partial charge is 0.494 e. The van der Waals surface area contributed by atoms with Crippen molar-refractivity contribution >= 4 is 16.9 Å². The molecule has 1 N–H and O–H groups in total. The number of hydrogen-bond acceptors (Lipinski definition) is 5. The lowest BCUT2D eigenvalue weighted by Gasteiger charge is -2.24. The van der Waals surface area contributed by atoms with Crippen LogP contribution < -0.4 is 10.2 Å². The third-order valence-electron chi connectivity index (χ3n) is 4.78. The van der Waals surface area contributed by atoms with Gasteiger partial charge in [0.15, 0.2) is 5.43 Å². The quantitative estimate of drug-likeness (QED) is 0.733. The number of carbonyl (C=O) groups excluding carboxylic acids is 1. The number of nitrogens with zero attached hydrogens (tertiary/aromatic N) is 1. The van der Waals surface area contributed by atoms with Gasteiger partial charge in [0, 0.05) is 6.54 Å². The van der Waals surface area contributed by atoms with Gasteiger partial charge in [-0.1, -0.05) is 12.1 Å². The van der Waals surface area contributed by atoms with Gasteiger partial charge < -0.3 is 19.2 Å². The average Bonchev–Trinajstić information content (AvgIpc) is 2.96. The number of hydrogen-bond donors (Lipinski definition) is 1. The Balaban J connectivity index is 1.92. The molecule has 28 heavy (non-hydrogen) atoms. The van der Waals surface area contributed by atoms with E-state index in [-0.39, 0.29) is 35.4 Å². The molecule has 1 aromatic heterocycles. The Morgan fingerprint density at radius 1 is 1.18 bits per heavy atom. The highest BCUT2D eigenvalue weighted by molar-refractivity contribution is 5.99. The summed E-state index contributed by atoms with van der Waals surface area (Å²) >= 11 is 0. The minimum Gasteiger partial charge on any atom is -0.494 e. The van der Waals surface area contributed by atoms with E-state index in [2.05, 4.69) is 0 Å². The Hall–Kier alpha value is -3.19. The second-order valence-corrected chi connectivity index (χ2v) is 6.44. The molecule has 0 aliphatic carbocycles. The van der Waals surface area contributed by atoms with Crippen LogP contribution in [0.15, 0.2) is 51.7 Å². The molecule has 0 fully saturated rings. The van der Waals surface area contributed by atoms with E-state index in [1.54, 1.807) is 24.3 Å². The predicted molar refractivity (Wildman–Crippen MR) is 100 cm³/mol. The highest BCUT2D eigenvalue weighted by Gasteiger charge is 2.42. The predicted octanol–water partition coefficient (Wildman–Crippen LogP) is 2.87. The summed E-state index contributed by atoms with van der Waals surface area (Å²) in [6.07, 6.45) is 0. The van der Waals surface area contributed by atoms with Gasteiger partial charge in [0.2, 0.25) is 5.76 Å². The topological polar surface area (TPSA) is 80.0 Å². The van der Waals surface area contributed by atoms with E-state index in [0.29, 0.717) is 17.9 Å². The van der Waals surface area contributed by atoms with E-state index in [1.807, 2.05) is 6.92 Å². The lowest BCUT2D eigenvalue weighted by molar-refractivity contribution is 0.0691. The summed E-state index contributed by atoms with van der Waals surface area (Å²) in [5, 5.41) is 9.50. The molecule has 2 heterocycles. The fourth-order valence-corrected chi connectivity index (χ4v) is 3.59. The number of aliphatic hydroxyl groups excluding tert-OH is 1. The number of ether oxygens (including phenoxy) is 1. The van der Waals surface area contributed by atoms with Gasteiger partial charge in [-0.15, -0.1) is 0 Å². The number of rotatable bonds is 5. The van der Waals surface area contributed by atoms with Crippen molar-refractivity contribution in [3.63, 3.8) is 0 Å². The zero-order valence-corrected chi connectivity index (χ0v) is 15.1. The summed E-state index contributed by atoms with van der Waals surface area (Å²) in [5.74, 6) is -0.450. The second kappa shape index (κ2) is 7.09. The van der Waals surface area contributed by atoms with Crippen molar-refractivity contribution in [3.8, 4) is 5.75 Å². The third-order valence-corrected chi connectivity index (χ3v) is 4.78. The number of aliphatic hydroxyl groups is 1. The van der Waals surface area contributed by atoms with Crippen LogP contribution in [0.4, 0.5) is 4.39 Å². The Morgan fingerprint density at radius 3 is 2.61 bits per heavy atom. The number of carbonyl (C=O) groups is 1. The first-order valence-corrected chi connectivity index (χ1v) is 8.96. The first kappa shape index (κ1) is 18.2. The fourth-order valence-electron chi connectivity index (χ4n) is 3.59. The summed E-state index contributed by atoms with van der Waals surface area (Å²) in [6, 6.07) is 9.91. The van der Waals surface area contributed by atoms with Gasteiger partial charge in [-0.05, 0) is 42.8 Å². The molecule has 144 valence electrons. The van der Waals surface area contributed by atoms with E-state index in [9.17, 15) is 19.1 Å². The molecule has 4 rings (SSSR count). The summed E-state index contributed by atoms with van der Waals surface area (Å²) in [5.41, 5.74) is 0.519. The normalized spacial score (nSPS) is 15.9. The Bertz CT molecular complexity index is 1110. The van der Waals surface area contributed by atoms with Gasteiger partial charge >= 0.3 is 0 Å². The first-order valence-electron chi connectivity index (χ1n) is 8.96. The van der Waals surface area contributed by atoms with Crippen LogP contribution in [-0.2, 0) is 0 Å². The number of β-amino-alcohol motifs (C(OH)–C–C–N with tert-alkyl or cyclic N) is 1. The molecule has 6 nitrogen and oxygen atoms in total. The van der Waals surface area contributed by atoms with E-state index in [4.69, 9.17) is 9.15 Å². The molecule has 1 aliphatic heterocycles. The molecule has 1 amide bonds. The van der Waals surface area contributed by atoms with E-state index in [0.717, 1.165) is 6.07 Å². The zero-order valence-electron chi connectivity index (χ0n) is 15.1. The number of halogens is 1. The van der Waals surface area contributed by atoms with Crippen LogP contribution in [0.1, 0.15) is 34.6 Å². The maximum atomic E-state index is 13.7. The number of amides is 1. The zero-order chi connectivity index (χ0) is 19.8. The molecule has 0 spiro atoms. The Labute approximate surface area is 159 Å². The average molecular weight is 383 g/mol. The van der Waals surface area contributed by atoms with Gasteiger partial charge in [-0.25, -0.2) is 4.39 Å². The van der Waals surface area contributed by atoms with Crippen LogP contribution in [0.25, 0.3) is 11.0 Å². The molecule has 1 atom stereocenters.